The quantitative estimate of drug-likeness (QED) is 0.171. The molecule has 1 aliphatic rings. The van der Waals surface area contributed by atoms with E-state index >= 15 is 0 Å². The van der Waals surface area contributed by atoms with Crippen LogP contribution in [0.25, 0.3) is 11.3 Å². The molecule has 40 heavy (non-hydrogen) atoms. The number of methoxy groups -OCH3 is 1. The number of thiocarbonyl (C=S) groups is 1. The average Bonchev–Trinajstić information content (AvgIpc) is 3.63. The number of anilines is 1. The molecular formula is C32H25N3O4S. The molecule has 3 heterocycles. The van der Waals surface area contributed by atoms with Gasteiger partial charge < -0.3 is 24.1 Å². The molecule has 3 aromatic carbocycles. The standard InChI is InChI=1S/C32H25N3O4S/c1-37-31(36)25-12-6-5-11-24(25)27-18-19-28(39-27)30-29(26-13-7-8-20-33-26)34-32(40)35(30)21-14-16-23(17-15-21)38-22-9-3-2-4-10-22/h2-20,29-30H,1H3,(H,34,40)/t29-,30+/m0/s1. The van der Waals surface area contributed by atoms with Gasteiger partial charge in [-0.05, 0) is 78.9 Å². The van der Waals surface area contributed by atoms with E-state index < -0.39 is 5.97 Å². The minimum Gasteiger partial charge on any atom is -0.465 e. The maximum atomic E-state index is 12.4. The Bertz CT molecular complexity index is 1640. The van der Waals surface area contributed by atoms with E-state index in [1.807, 2.05) is 102 Å². The smallest absolute Gasteiger partial charge is 0.338 e. The zero-order chi connectivity index (χ0) is 27.5. The van der Waals surface area contributed by atoms with Crippen molar-refractivity contribution < 1.29 is 18.7 Å². The summed E-state index contributed by atoms with van der Waals surface area (Å²) in [5.74, 6) is 2.27. The number of hydrogen-bond acceptors (Lipinski definition) is 6. The summed E-state index contributed by atoms with van der Waals surface area (Å²) in [6, 6.07) is 33.6. The summed E-state index contributed by atoms with van der Waals surface area (Å²) in [7, 11) is 1.36. The van der Waals surface area contributed by atoms with Gasteiger partial charge in [0.2, 0.25) is 0 Å². The first-order valence-electron chi connectivity index (χ1n) is 12.7. The Morgan fingerprint density at radius 2 is 1.60 bits per heavy atom. The van der Waals surface area contributed by atoms with E-state index in [0.29, 0.717) is 33.5 Å². The Balaban J connectivity index is 1.37. The van der Waals surface area contributed by atoms with Crippen LogP contribution in [-0.2, 0) is 4.74 Å². The van der Waals surface area contributed by atoms with Crippen molar-refractivity contribution >= 4 is 29.0 Å². The number of ether oxygens (including phenoxy) is 2. The van der Waals surface area contributed by atoms with Gasteiger partial charge in [-0.1, -0.05) is 42.5 Å². The number of nitrogens with zero attached hydrogens (tertiary/aromatic N) is 2. The van der Waals surface area contributed by atoms with Gasteiger partial charge in [0.1, 0.15) is 29.1 Å². The van der Waals surface area contributed by atoms with Crippen LogP contribution in [0, 0.1) is 0 Å². The van der Waals surface area contributed by atoms with Gasteiger partial charge in [0, 0.05) is 17.4 Å². The molecule has 5 aromatic rings. The van der Waals surface area contributed by atoms with Crippen LogP contribution in [0.5, 0.6) is 11.5 Å². The number of hydrogen-bond donors (Lipinski definition) is 1. The summed E-state index contributed by atoms with van der Waals surface area (Å²) in [5.41, 5.74) is 2.78. The molecule has 8 heteroatoms. The van der Waals surface area contributed by atoms with Crippen LogP contribution in [0.15, 0.2) is 120 Å². The van der Waals surface area contributed by atoms with E-state index in [1.54, 1.807) is 18.3 Å². The minimum absolute atomic E-state index is 0.274. The summed E-state index contributed by atoms with van der Waals surface area (Å²) in [4.78, 5) is 19.0. The Morgan fingerprint density at radius 3 is 2.35 bits per heavy atom. The number of rotatable bonds is 7. The molecule has 0 saturated carbocycles. The predicted octanol–water partition coefficient (Wildman–Crippen LogP) is 7.10. The fourth-order valence-corrected chi connectivity index (χ4v) is 5.21. The molecule has 7 nitrogen and oxygen atoms in total. The molecule has 0 radical (unpaired) electrons. The highest BCUT2D eigenvalue weighted by Gasteiger charge is 2.42. The van der Waals surface area contributed by atoms with Crippen LogP contribution in [0.3, 0.4) is 0 Å². The summed E-state index contributed by atoms with van der Waals surface area (Å²) in [6.45, 7) is 0. The van der Waals surface area contributed by atoms with E-state index in [1.165, 1.54) is 7.11 Å². The number of furan rings is 1. The second-order valence-electron chi connectivity index (χ2n) is 9.14. The molecule has 6 rings (SSSR count). The summed E-state index contributed by atoms with van der Waals surface area (Å²) >= 11 is 5.84. The number of nitrogens with one attached hydrogen (secondary N) is 1. The van der Waals surface area contributed by atoms with Gasteiger partial charge in [-0.25, -0.2) is 4.79 Å². The molecule has 0 amide bonds. The first kappa shape index (κ1) is 25.3. The van der Waals surface area contributed by atoms with Gasteiger partial charge in [0.25, 0.3) is 0 Å². The Labute approximate surface area is 237 Å². The number of esters is 1. The molecule has 0 unspecified atom stereocenters. The zero-order valence-corrected chi connectivity index (χ0v) is 22.4. The lowest BCUT2D eigenvalue weighted by atomic mass is 10.0. The number of carbonyl (C=O) groups is 1. The van der Waals surface area contributed by atoms with Crippen LogP contribution in [0.2, 0.25) is 0 Å². The zero-order valence-electron chi connectivity index (χ0n) is 21.6. The minimum atomic E-state index is -0.428. The summed E-state index contributed by atoms with van der Waals surface area (Å²) in [5, 5.41) is 3.99. The predicted molar refractivity (Wildman–Crippen MR) is 156 cm³/mol. The highest BCUT2D eigenvalue weighted by molar-refractivity contribution is 7.80. The third kappa shape index (κ3) is 4.92. The van der Waals surface area contributed by atoms with E-state index in [0.717, 1.165) is 17.1 Å². The van der Waals surface area contributed by atoms with Gasteiger partial charge in [-0.15, -0.1) is 0 Å². The van der Waals surface area contributed by atoms with Crippen LogP contribution in [0.4, 0.5) is 5.69 Å². The van der Waals surface area contributed by atoms with Crippen molar-refractivity contribution in [2.24, 2.45) is 0 Å². The molecule has 1 aliphatic heterocycles. The van der Waals surface area contributed by atoms with Gasteiger partial charge in [0.15, 0.2) is 5.11 Å². The molecule has 2 atom stereocenters. The van der Waals surface area contributed by atoms with Gasteiger partial charge >= 0.3 is 5.97 Å². The molecule has 198 valence electrons. The van der Waals surface area contributed by atoms with Crippen LogP contribution in [0.1, 0.15) is 33.9 Å². The van der Waals surface area contributed by atoms with E-state index in [9.17, 15) is 4.79 Å². The van der Waals surface area contributed by atoms with Crippen molar-refractivity contribution in [1.82, 2.24) is 10.3 Å². The number of benzene rings is 3. The highest BCUT2D eigenvalue weighted by atomic mass is 32.1. The normalized spacial score (nSPS) is 16.4. The largest absolute Gasteiger partial charge is 0.465 e. The first-order chi connectivity index (χ1) is 19.6. The van der Waals surface area contributed by atoms with Crippen molar-refractivity contribution in [3.8, 4) is 22.8 Å². The summed E-state index contributed by atoms with van der Waals surface area (Å²) < 4.78 is 17.4. The van der Waals surface area contributed by atoms with Crippen LogP contribution in [-0.4, -0.2) is 23.2 Å². The lowest BCUT2D eigenvalue weighted by Crippen LogP contribution is -2.29. The average molecular weight is 548 g/mol. The number of aromatic nitrogens is 1. The van der Waals surface area contributed by atoms with Crippen LogP contribution < -0.4 is 15.0 Å². The van der Waals surface area contributed by atoms with Gasteiger partial charge in [-0.3, -0.25) is 4.98 Å². The lowest BCUT2D eigenvalue weighted by molar-refractivity contribution is 0.0601. The SMILES string of the molecule is COC(=O)c1ccccc1-c1ccc([C@@H]2[C@H](c3ccccn3)NC(=S)N2c2ccc(Oc3ccccc3)cc2)o1. The topological polar surface area (TPSA) is 76.8 Å². The number of pyridine rings is 1. The second-order valence-corrected chi connectivity index (χ2v) is 9.53. The van der Waals surface area contributed by atoms with Crippen molar-refractivity contribution in [2.45, 2.75) is 12.1 Å². The molecule has 1 saturated heterocycles. The first-order valence-corrected chi connectivity index (χ1v) is 13.1. The molecule has 0 bridgehead atoms. The van der Waals surface area contributed by atoms with E-state index in [2.05, 4.69) is 10.3 Å². The third-order valence-electron chi connectivity index (χ3n) is 6.71. The number of para-hydroxylation sites is 1. The van der Waals surface area contributed by atoms with Crippen molar-refractivity contribution in [3.63, 3.8) is 0 Å². The van der Waals surface area contributed by atoms with Crippen molar-refractivity contribution in [2.75, 3.05) is 12.0 Å². The fraction of sp³-hybridized carbons (Fsp3) is 0.0938. The van der Waals surface area contributed by atoms with E-state index in [4.69, 9.17) is 26.1 Å². The molecule has 0 aliphatic carbocycles. The Morgan fingerprint density at radius 1 is 0.875 bits per heavy atom. The fourth-order valence-electron chi connectivity index (χ4n) is 4.86. The van der Waals surface area contributed by atoms with Crippen molar-refractivity contribution in [1.29, 1.82) is 0 Å². The summed E-state index contributed by atoms with van der Waals surface area (Å²) in [6.07, 6.45) is 1.76. The van der Waals surface area contributed by atoms with Gasteiger partial charge in [-0.2, -0.15) is 0 Å². The van der Waals surface area contributed by atoms with Crippen LogP contribution >= 0.6 is 12.2 Å². The van der Waals surface area contributed by atoms with E-state index in [-0.39, 0.29) is 12.1 Å². The molecule has 1 fully saturated rings. The van der Waals surface area contributed by atoms with Gasteiger partial charge in [0.05, 0.1) is 24.4 Å². The number of carbonyl (C=O) groups excluding carboxylic acids is 1. The maximum Gasteiger partial charge on any atom is 0.338 e. The molecular weight excluding hydrogens is 522 g/mol. The Hall–Kier alpha value is -4.95. The monoisotopic (exact) mass is 547 g/mol. The Kier molecular flexibility index (Phi) is 6.99. The molecule has 1 N–H and O–H groups in total. The lowest BCUT2D eigenvalue weighted by Gasteiger charge is -2.26. The molecule has 2 aromatic heterocycles. The molecule has 0 spiro atoms. The highest BCUT2D eigenvalue weighted by Crippen LogP contribution is 2.43. The van der Waals surface area contributed by atoms with Crippen molar-refractivity contribution in [3.05, 3.63) is 132 Å². The second kappa shape index (κ2) is 11.0. The maximum absolute atomic E-state index is 12.4. The third-order valence-corrected chi connectivity index (χ3v) is 7.02.